The van der Waals surface area contributed by atoms with Gasteiger partial charge >= 0.3 is 0 Å². The first-order chi connectivity index (χ1) is 16.0. The molecule has 2 aliphatic heterocycles. The fourth-order valence-corrected chi connectivity index (χ4v) is 5.23. The zero-order chi connectivity index (χ0) is 24.4. The van der Waals surface area contributed by atoms with Crippen molar-refractivity contribution < 1.29 is 19.3 Å². The van der Waals surface area contributed by atoms with Gasteiger partial charge < -0.3 is 24.8 Å². The summed E-state index contributed by atoms with van der Waals surface area (Å²) in [6.07, 6.45) is 3.19. The molecule has 10 heteroatoms. The van der Waals surface area contributed by atoms with Crippen molar-refractivity contribution in [3.8, 4) is 11.3 Å². The predicted molar refractivity (Wildman–Crippen MR) is 127 cm³/mol. The van der Waals surface area contributed by atoms with E-state index in [0.717, 1.165) is 12.8 Å². The number of aromatic nitrogens is 4. The van der Waals surface area contributed by atoms with Crippen LogP contribution in [0.4, 0.5) is 10.3 Å². The van der Waals surface area contributed by atoms with Crippen LogP contribution in [0.25, 0.3) is 22.3 Å². The number of rotatable bonds is 5. The summed E-state index contributed by atoms with van der Waals surface area (Å²) in [6, 6.07) is 2.82. The Morgan fingerprint density at radius 2 is 2.03 bits per heavy atom. The molecule has 34 heavy (non-hydrogen) atoms. The molecule has 0 aliphatic carbocycles. The Morgan fingerprint density at radius 1 is 1.26 bits per heavy atom. The van der Waals surface area contributed by atoms with Crippen LogP contribution in [0.2, 0.25) is 5.02 Å². The number of hydrogen-bond donors (Lipinski definition) is 3. The minimum Gasteiger partial charge on any atom is -0.388 e. The smallest absolute Gasteiger partial charge is 0.223 e. The zero-order valence-electron chi connectivity index (χ0n) is 19.6. The summed E-state index contributed by atoms with van der Waals surface area (Å²) < 4.78 is 22.8. The van der Waals surface area contributed by atoms with Crippen molar-refractivity contribution in [3.63, 3.8) is 0 Å². The van der Waals surface area contributed by atoms with Gasteiger partial charge in [0.1, 0.15) is 23.0 Å². The number of ether oxygens (including phenoxy) is 1. The molecule has 2 fully saturated rings. The van der Waals surface area contributed by atoms with Crippen LogP contribution in [0.15, 0.2) is 18.3 Å². The van der Waals surface area contributed by atoms with Gasteiger partial charge in [0.05, 0.1) is 40.7 Å². The maximum atomic E-state index is 15.2. The number of hydrogen-bond acceptors (Lipinski definition) is 7. The third kappa shape index (κ3) is 4.04. The van der Waals surface area contributed by atoms with Crippen molar-refractivity contribution in [1.82, 2.24) is 19.5 Å². The second-order valence-corrected chi connectivity index (χ2v) is 10.4. The fraction of sp³-hybridized carbons (Fsp3) is 0.542. The van der Waals surface area contributed by atoms with Crippen LogP contribution in [-0.2, 0) is 10.3 Å². The Morgan fingerprint density at radius 3 is 2.74 bits per heavy atom. The van der Waals surface area contributed by atoms with Gasteiger partial charge in [0.15, 0.2) is 5.82 Å². The third-order valence-electron chi connectivity index (χ3n) is 6.59. The summed E-state index contributed by atoms with van der Waals surface area (Å²) >= 11 is 6.44. The molecule has 2 aliphatic rings. The minimum atomic E-state index is -1.25. The third-order valence-corrected chi connectivity index (χ3v) is 6.87. The lowest BCUT2D eigenvalue weighted by atomic mass is 10.0. The van der Waals surface area contributed by atoms with Gasteiger partial charge in [-0.3, -0.25) is 0 Å². The molecule has 2 bridgehead atoms. The summed E-state index contributed by atoms with van der Waals surface area (Å²) in [7, 11) is 0. The molecule has 0 radical (unpaired) electrons. The van der Waals surface area contributed by atoms with E-state index in [-0.39, 0.29) is 34.8 Å². The number of nitrogens with zero attached hydrogens (tertiary/aromatic N) is 4. The molecule has 3 aromatic rings. The number of aliphatic hydroxyl groups is 2. The quantitative estimate of drug-likeness (QED) is 0.493. The molecule has 0 spiro atoms. The van der Waals surface area contributed by atoms with Gasteiger partial charge in [-0.05, 0) is 59.1 Å². The van der Waals surface area contributed by atoms with E-state index in [0.29, 0.717) is 35.0 Å². The Bertz CT molecular complexity index is 1240. The highest BCUT2D eigenvalue weighted by atomic mass is 35.5. The second kappa shape index (κ2) is 8.41. The van der Waals surface area contributed by atoms with Crippen molar-refractivity contribution in [1.29, 1.82) is 0 Å². The topological polar surface area (TPSA) is 105 Å². The summed E-state index contributed by atoms with van der Waals surface area (Å²) in [5.74, 6) is 0.158. The number of aliphatic hydroxyl groups excluding tert-OH is 1. The first kappa shape index (κ1) is 23.4. The van der Waals surface area contributed by atoms with Crippen LogP contribution in [0.3, 0.4) is 0 Å². The SMILES string of the molecule is CC(C)n1c(C(C)(C)O)nc2c(F)cc(-c3nc(N[C@@H]4C[C@H]5CC[C@H](O5)[C@H]4O)ncc3Cl)cc21. The molecule has 0 amide bonds. The van der Waals surface area contributed by atoms with Crippen molar-refractivity contribution in [3.05, 3.63) is 35.0 Å². The van der Waals surface area contributed by atoms with Crippen LogP contribution < -0.4 is 5.32 Å². The lowest BCUT2D eigenvalue weighted by Crippen LogP contribution is -2.47. The molecule has 8 nitrogen and oxygen atoms in total. The van der Waals surface area contributed by atoms with Crippen LogP contribution in [0.1, 0.15) is 58.8 Å². The van der Waals surface area contributed by atoms with E-state index in [1.165, 1.54) is 12.3 Å². The summed E-state index contributed by atoms with van der Waals surface area (Å²) in [6.45, 7) is 7.16. The summed E-state index contributed by atoms with van der Waals surface area (Å²) in [4.78, 5) is 13.3. The van der Waals surface area contributed by atoms with Gasteiger partial charge in [0, 0.05) is 11.6 Å². The molecule has 5 rings (SSSR count). The van der Waals surface area contributed by atoms with Crippen molar-refractivity contribution in [2.45, 2.75) is 83.0 Å². The van der Waals surface area contributed by atoms with Crippen molar-refractivity contribution in [2.75, 3.05) is 5.32 Å². The van der Waals surface area contributed by atoms with E-state index in [2.05, 4.69) is 20.3 Å². The van der Waals surface area contributed by atoms with Gasteiger partial charge in [-0.2, -0.15) is 0 Å². The van der Waals surface area contributed by atoms with Gasteiger partial charge in [0.25, 0.3) is 0 Å². The lowest BCUT2D eigenvalue weighted by Gasteiger charge is -2.33. The minimum absolute atomic E-state index is 0.0652. The van der Waals surface area contributed by atoms with Crippen LogP contribution in [0, 0.1) is 5.82 Å². The predicted octanol–water partition coefficient (Wildman–Crippen LogP) is 4.19. The van der Waals surface area contributed by atoms with E-state index in [4.69, 9.17) is 16.3 Å². The number of halogens is 2. The molecule has 2 saturated heterocycles. The van der Waals surface area contributed by atoms with Crippen LogP contribution in [0.5, 0.6) is 0 Å². The Balaban J connectivity index is 1.55. The van der Waals surface area contributed by atoms with Crippen LogP contribution in [-0.4, -0.2) is 54.1 Å². The highest BCUT2D eigenvalue weighted by Gasteiger charge is 2.42. The molecular formula is C24H29ClFN5O3. The Labute approximate surface area is 202 Å². The second-order valence-electron chi connectivity index (χ2n) is 10.0. The highest BCUT2D eigenvalue weighted by molar-refractivity contribution is 6.33. The zero-order valence-corrected chi connectivity index (χ0v) is 20.3. The average molecular weight is 490 g/mol. The van der Waals surface area contributed by atoms with Gasteiger partial charge in [-0.1, -0.05) is 11.6 Å². The van der Waals surface area contributed by atoms with E-state index < -0.39 is 17.5 Å². The van der Waals surface area contributed by atoms with Crippen molar-refractivity contribution in [2.24, 2.45) is 0 Å². The maximum absolute atomic E-state index is 15.2. The lowest BCUT2D eigenvalue weighted by molar-refractivity contribution is -0.0811. The monoisotopic (exact) mass is 489 g/mol. The molecule has 0 unspecified atom stereocenters. The van der Waals surface area contributed by atoms with Gasteiger partial charge in [-0.15, -0.1) is 0 Å². The molecule has 182 valence electrons. The summed E-state index contributed by atoms with van der Waals surface area (Å²) in [5.41, 5.74) is 0.313. The molecule has 0 saturated carbocycles. The molecule has 3 N–H and O–H groups in total. The van der Waals surface area contributed by atoms with Crippen LogP contribution >= 0.6 is 11.6 Å². The van der Waals surface area contributed by atoms with Gasteiger partial charge in [-0.25, -0.2) is 19.3 Å². The number of fused-ring (bicyclic) bond motifs is 3. The van der Waals surface area contributed by atoms with Gasteiger partial charge in [0.2, 0.25) is 5.95 Å². The first-order valence-electron chi connectivity index (χ1n) is 11.6. The Hall–Kier alpha value is -2.33. The molecule has 4 heterocycles. The van der Waals surface area contributed by atoms with E-state index in [9.17, 15) is 10.2 Å². The van der Waals surface area contributed by atoms with Crippen molar-refractivity contribution >= 4 is 28.6 Å². The fourth-order valence-electron chi connectivity index (χ4n) is 5.03. The molecular weight excluding hydrogens is 461 g/mol. The van der Waals surface area contributed by atoms with E-state index in [1.54, 1.807) is 19.9 Å². The average Bonchev–Trinajstić information content (AvgIpc) is 3.35. The van der Waals surface area contributed by atoms with E-state index in [1.807, 2.05) is 18.4 Å². The van der Waals surface area contributed by atoms with E-state index >= 15 is 4.39 Å². The highest BCUT2D eigenvalue weighted by Crippen LogP contribution is 2.36. The summed E-state index contributed by atoms with van der Waals surface area (Å²) in [5, 5.41) is 24.7. The molecule has 4 atom stereocenters. The maximum Gasteiger partial charge on any atom is 0.223 e. The number of nitrogens with one attached hydrogen (secondary N) is 1. The largest absolute Gasteiger partial charge is 0.388 e. The number of benzene rings is 1. The molecule has 2 aromatic heterocycles. The normalized spacial score (nSPS) is 24.9. The first-order valence-corrected chi connectivity index (χ1v) is 12.0. The Kier molecular flexibility index (Phi) is 5.79. The number of anilines is 1. The standard InChI is InChI=1S/C24H29ClFN5O3/c1-11(2)31-17-8-12(7-15(26)20(17)29-22(31)24(3,4)33)19-14(25)10-27-23(30-19)28-16-9-13-5-6-18(34-13)21(16)32/h7-8,10-11,13,16,18,21,32-33H,5-6,9H2,1-4H3,(H,27,28,30)/t13-,16-,18+,21+/m1/s1. The number of imidazole rings is 1. The molecule has 1 aromatic carbocycles.